The van der Waals surface area contributed by atoms with Crippen molar-refractivity contribution in [1.29, 1.82) is 0 Å². The Balaban J connectivity index is 2.53. The fourth-order valence-electron chi connectivity index (χ4n) is 6.75. The number of aliphatic hydroxyl groups is 2. The Morgan fingerprint density at radius 2 is 1.40 bits per heavy atom. The van der Waals surface area contributed by atoms with E-state index < -0.39 is 44.7 Å². The Hall–Kier alpha value is -1.92. The van der Waals surface area contributed by atoms with Gasteiger partial charge in [-0.2, -0.15) is 0 Å². The minimum Gasteiger partial charge on any atom is -0.756 e. The van der Waals surface area contributed by atoms with E-state index in [0.717, 1.165) is 38.5 Å². The van der Waals surface area contributed by atoms with Crippen molar-refractivity contribution in [2.24, 2.45) is 11.8 Å². The van der Waals surface area contributed by atoms with Crippen molar-refractivity contribution in [3.63, 3.8) is 0 Å². The van der Waals surface area contributed by atoms with Gasteiger partial charge in [0, 0.05) is 31.1 Å². The van der Waals surface area contributed by atoms with E-state index in [9.17, 15) is 34.1 Å². The van der Waals surface area contributed by atoms with Crippen molar-refractivity contribution in [1.82, 2.24) is 0 Å². The Labute approximate surface area is 345 Å². The number of esters is 2. The van der Waals surface area contributed by atoms with E-state index in [2.05, 4.69) is 13.8 Å². The van der Waals surface area contributed by atoms with Crippen molar-refractivity contribution in [3.8, 4) is 0 Å². The first-order valence-electron chi connectivity index (χ1n) is 22.1. The second-order valence-corrected chi connectivity index (χ2v) is 18.3. The zero-order valence-corrected chi connectivity index (χ0v) is 37.1. The van der Waals surface area contributed by atoms with Gasteiger partial charge in [0.05, 0.1) is 40.0 Å². The van der Waals surface area contributed by atoms with Crippen molar-refractivity contribution < 1.29 is 57.1 Å². The summed E-state index contributed by atoms with van der Waals surface area (Å²) in [5.74, 6) is -1.77. The molecule has 12 nitrogen and oxygen atoms in total. The Bertz CT molecular complexity index is 1190. The minimum atomic E-state index is -4.70. The Kier molecular flexibility index (Phi) is 29.7. The van der Waals surface area contributed by atoms with Gasteiger partial charge < -0.3 is 38.1 Å². The van der Waals surface area contributed by atoms with Crippen LogP contribution >= 0.6 is 7.82 Å². The molecule has 1 rings (SSSR count). The number of carbonyl (C=O) groups is 3. The molecule has 332 valence electrons. The number of phosphoric ester groups is 1. The molecule has 6 atom stereocenters. The molecule has 1 aliphatic rings. The van der Waals surface area contributed by atoms with E-state index in [1.807, 2.05) is 33.3 Å². The number of ketones is 1. The summed E-state index contributed by atoms with van der Waals surface area (Å²) in [5.41, 5.74) is 0. The van der Waals surface area contributed by atoms with Gasteiger partial charge >= 0.3 is 11.9 Å². The van der Waals surface area contributed by atoms with Gasteiger partial charge in [-0.3, -0.25) is 18.9 Å². The molecule has 0 aromatic carbocycles. The van der Waals surface area contributed by atoms with E-state index in [-0.39, 0.29) is 50.1 Å². The number of likely N-dealkylation sites (N-methyl/N-ethyl adjacent to an activating group) is 1. The molecule has 0 amide bonds. The second-order valence-electron chi connectivity index (χ2n) is 16.8. The van der Waals surface area contributed by atoms with Crippen LogP contribution in [0.25, 0.3) is 0 Å². The first-order chi connectivity index (χ1) is 27.2. The average Bonchev–Trinajstić information content (AvgIpc) is 3.41. The van der Waals surface area contributed by atoms with E-state index in [1.54, 1.807) is 12.2 Å². The predicted octanol–water partition coefficient (Wildman–Crippen LogP) is 8.31. The van der Waals surface area contributed by atoms with Crippen LogP contribution in [0.15, 0.2) is 24.3 Å². The van der Waals surface area contributed by atoms with Gasteiger partial charge in [0.25, 0.3) is 7.82 Å². The number of Topliss-reactive ketones (excluding diaryl/α,β-unsaturated/α-hetero) is 1. The Morgan fingerprint density at radius 1 is 0.825 bits per heavy atom. The lowest BCUT2D eigenvalue weighted by Gasteiger charge is -2.28. The lowest BCUT2D eigenvalue weighted by Crippen LogP contribution is -2.37. The number of aliphatic hydroxyl groups excluding tert-OH is 2. The number of phosphoric acid groups is 1. The third-order valence-corrected chi connectivity index (χ3v) is 11.3. The fraction of sp³-hybridized carbons (Fsp3) is 0.841. The number of allylic oxidation sites excluding steroid dienone is 2. The smallest absolute Gasteiger partial charge is 0.306 e. The minimum absolute atomic E-state index is 0.00875. The number of hydrogen-bond acceptors (Lipinski definition) is 11. The molecule has 1 fully saturated rings. The lowest BCUT2D eigenvalue weighted by atomic mass is 9.90. The molecular weight excluding hydrogens is 749 g/mol. The van der Waals surface area contributed by atoms with Gasteiger partial charge in [-0.15, -0.1) is 0 Å². The normalized spacial score (nSPS) is 19.6. The number of unbranched alkanes of at least 4 members (excludes halogenated alkanes) is 15. The van der Waals surface area contributed by atoms with Crippen LogP contribution in [-0.2, 0) is 37.5 Å². The van der Waals surface area contributed by atoms with Gasteiger partial charge in [-0.05, 0) is 32.1 Å². The van der Waals surface area contributed by atoms with Crippen LogP contribution in [0, 0.1) is 11.8 Å². The summed E-state index contributed by atoms with van der Waals surface area (Å²) < 4.78 is 33.8. The summed E-state index contributed by atoms with van der Waals surface area (Å²) in [6.07, 6.45) is 25.7. The molecule has 0 aromatic rings. The van der Waals surface area contributed by atoms with Crippen LogP contribution in [0.3, 0.4) is 0 Å². The van der Waals surface area contributed by atoms with Gasteiger partial charge in [0.2, 0.25) is 0 Å². The first-order valence-corrected chi connectivity index (χ1v) is 23.6. The van der Waals surface area contributed by atoms with E-state index in [4.69, 9.17) is 18.5 Å². The maximum atomic E-state index is 12.8. The number of carbonyl (C=O) groups excluding carboxylic acids is 3. The summed E-state index contributed by atoms with van der Waals surface area (Å²) in [6.45, 7) is 3.80. The molecule has 0 radical (unpaired) electrons. The summed E-state index contributed by atoms with van der Waals surface area (Å²) in [5, 5.41) is 20.7. The maximum absolute atomic E-state index is 12.8. The highest BCUT2D eigenvalue weighted by molar-refractivity contribution is 7.45. The largest absolute Gasteiger partial charge is 0.756 e. The highest BCUT2D eigenvalue weighted by Crippen LogP contribution is 2.38. The highest BCUT2D eigenvalue weighted by atomic mass is 31.2. The molecule has 0 bridgehead atoms. The molecule has 0 heterocycles. The van der Waals surface area contributed by atoms with Gasteiger partial charge in [0.1, 0.15) is 25.5 Å². The quantitative estimate of drug-likeness (QED) is 0.0205. The molecule has 0 aromatic heterocycles. The zero-order chi connectivity index (χ0) is 42.4. The van der Waals surface area contributed by atoms with Crippen molar-refractivity contribution >= 4 is 25.5 Å². The van der Waals surface area contributed by atoms with Crippen molar-refractivity contribution in [3.05, 3.63) is 24.3 Å². The zero-order valence-electron chi connectivity index (χ0n) is 36.3. The van der Waals surface area contributed by atoms with E-state index >= 15 is 0 Å². The van der Waals surface area contributed by atoms with Crippen LogP contribution in [0.1, 0.15) is 162 Å². The number of nitrogens with zero attached hydrogens (tertiary/aromatic N) is 1. The molecule has 0 aliphatic heterocycles. The molecule has 13 heteroatoms. The molecule has 2 N–H and O–H groups in total. The molecule has 1 saturated carbocycles. The maximum Gasteiger partial charge on any atom is 0.306 e. The van der Waals surface area contributed by atoms with Crippen molar-refractivity contribution in [2.45, 2.75) is 180 Å². The van der Waals surface area contributed by atoms with Gasteiger partial charge in [0.15, 0.2) is 6.10 Å². The average molecular weight is 830 g/mol. The molecule has 0 saturated heterocycles. The Morgan fingerprint density at radius 3 is 2.02 bits per heavy atom. The predicted molar refractivity (Wildman–Crippen MR) is 223 cm³/mol. The van der Waals surface area contributed by atoms with Crippen LogP contribution in [0.4, 0.5) is 0 Å². The SMILES string of the molecule is CCCCCCCCCCCCCCCC(=O)OC[C@H](COP(=O)([O-])OCC[N+](C)(C)C)OC(=O)CCC/C=C\CC1C(=O)CC(O)C1/C=C/C(O)CCCCC. The number of ether oxygens (including phenoxy) is 2. The molecule has 0 spiro atoms. The summed E-state index contributed by atoms with van der Waals surface area (Å²) in [4.78, 5) is 50.3. The second kappa shape index (κ2) is 31.9. The number of quaternary nitrogens is 1. The van der Waals surface area contributed by atoms with Gasteiger partial charge in [-0.1, -0.05) is 134 Å². The highest BCUT2D eigenvalue weighted by Gasteiger charge is 2.39. The third kappa shape index (κ3) is 29.0. The molecule has 57 heavy (non-hydrogen) atoms. The number of rotatable bonds is 36. The van der Waals surface area contributed by atoms with Crippen LogP contribution in [0.5, 0.6) is 0 Å². The summed E-state index contributed by atoms with van der Waals surface area (Å²) in [7, 11) is 1.00. The van der Waals surface area contributed by atoms with Crippen molar-refractivity contribution in [2.75, 3.05) is 47.5 Å². The lowest BCUT2D eigenvalue weighted by molar-refractivity contribution is -0.870. The van der Waals surface area contributed by atoms with E-state index in [1.165, 1.54) is 57.8 Å². The number of hydrogen-bond donors (Lipinski definition) is 2. The van der Waals surface area contributed by atoms with E-state index in [0.29, 0.717) is 43.1 Å². The molecule has 5 unspecified atom stereocenters. The molecular formula is C44H80NO11P. The van der Waals surface area contributed by atoms with Crippen LogP contribution < -0.4 is 4.89 Å². The van der Waals surface area contributed by atoms with Crippen LogP contribution in [0.2, 0.25) is 0 Å². The first kappa shape index (κ1) is 53.1. The topological polar surface area (TPSA) is 169 Å². The standard InChI is InChI=1S/C44H80NO11P/c1-6-8-10-11-12-13-14-15-16-17-18-19-24-28-43(49)53-35-38(36-55-57(51,52)54-33-32-45(3,4)5)56-44(50)29-25-21-20-23-27-39-40(42(48)34-41(39)47)31-30-37(46)26-22-9-7-2/h20,23,30-31,37-40,42,46,48H,6-19,21-22,24-29,32-36H2,1-5H3/b23-20-,31-30+/t37?,38-,39?,40?,42?/m1/s1. The fourth-order valence-corrected chi connectivity index (χ4v) is 7.48. The summed E-state index contributed by atoms with van der Waals surface area (Å²) in [6, 6.07) is 0. The third-order valence-electron chi connectivity index (χ3n) is 10.3. The van der Waals surface area contributed by atoms with Gasteiger partial charge in [-0.25, -0.2) is 0 Å². The monoisotopic (exact) mass is 830 g/mol. The summed E-state index contributed by atoms with van der Waals surface area (Å²) >= 11 is 0. The van der Waals surface area contributed by atoms with Crippen LogP contribution in [-0.4, -0.2) is 98.2 Å². The molecule has 1 aliphatic carbocycles.